The third kappa shape index (κ3) is 6.52. The number of nitrogens with one attached hydrogen (secondary N) is 1. The zero-order valence-electron chi connectivity index (χ0n) is 17.0. The summed E-state index contributed by atoms with van der Waals surface area (Å²) in [6.45, 7) is 5.72. The zero-order chi connectivity index (χ0) is 22.4. The van der Waals surface area contributed by atoms with Crippen molar-refractivity contribution in [2.24, 2.45) is 0 Å². The van der Waals surface area contributed by atoms with E-state index in [1.807, 2.05) is 20.8 Å². The SMILES string of the molecule is CC[C@@H](C(=O)NC(C)C)N(Cc1c(Cl)cccc1Cl)C(=O)Cc1ccc(Cl)c(Cl)c1. The molecule has 0 aromatic heterocycles. The molecule has 2 amide bonds. The lowest BCUT2D eigenvalue weighted by atomic mass is 10.1. The Balaban J connectivity index is 2.39. The molecule has 0 unspecified atom stereocenters. The van der Waals surface area contributed by atoms with Crippen molar-refractivity contribution < 1.29 is 9.59 Å². The van der Waals surface area contributed by atoms with E-state index >= 15 is 0 Å². The van der Waals surface area contributed by atoms with Crippen LogP contribution in [0, 0.1) is 0 Å². The summed E-state index contributed by atoms with van der Waals surface area (Å²) in [6.07, 6.45) is 0.498. The molecule has 0 radical (unpaired) electrons. The minimum atomic E-state index is -0.671. The molecule has 2 rings (SSSR count). The Morgan fingerprint density at radius 3 is 2.13 bits per heavy atom. The van der Waals surface area contributed by atoms with E-state index in [1.54, 1.807) is 36.4 Å². The van der Waals surface area contributed by atoms with Gasteiger partial charge in [-0.1, -0.05) is 65.5 Å². The number of nitrogens with zero attached hydrogens (tertiary/aromatic N) is 1. The van der Waals surface area contributed by atoms with Gasteiger partial charge in [0.05, 0.1) is 16.5 Å². The van der Waals surface area contributed by atoms with Crippen molar-refractivity contribution in [3.05, 3.63) is 67.6 Å². The van der Waals surface area contributed by atoms with Gasteiger partial charge in [0.1, 0.15) is 6.04 Å². The van der Waals surface area contributed by atoms with Gasteiger partial charge in [0.15, 0.2) is 0 Å². The van der Waals surface area contributed by atoms with E-state index in [1.165, 1.54) is 4.90 Å². The van der Waals surface area contributed by atoms with Crippen LogP contribution >= 0.6 is 46.4 Å². The fraction of sp³-hybridized carbons (Fsp3) is 0.364. The number of carbonyl (C=O) groups is 2. The lowest BCUT2D eigenvalue weighted by molar-refractivity contribution is -0.141. The molecule has 0 saturated heterocycles. The van der Waals surface area contributed by atoms with Crippen molar-refractivity contribution in [2.75, 3.05) is 0 Å². The van der Waals surface area contributed by atoms with Crippen molar-refractivity contribution in [2.45, 2.75) is 52.2 Å². The Kier molecular flexibility index (Phi) is 9.30. The highest BCUT2D eigenvalue weighted by Gasteiger charge is 2.30. The van der Waals surface area contributed by atoms with Crippen LogP contribution in [0.15, 0.2) is 36.4 Å². The molecule has 0 aliphatic heterocycles. The summed E-state index contributed by atoms with van der Waals surface area (Å²) in [5.74, 6) is -0.465. The zero-order valence-corrected chi connectivity index (χ0v) is 20.0. The molecular weight excluding hydrogens is 466 g/mol. The fourth-order valence-corrected chi connectivity index (χ4v) is 3.92. The molecule has 0 spiro atoms. The number of rotatable bonds is 8. The van der Waals surface area contributed by atoms with Gasteiger partial charge in [0.2, 0.25) is 11.8 Å². The minimum Gasteiger partial charge on any atom is -0.352 e. The molecule has 30 heavy (non-hydrogen) atoms. The quantitative estimate of drug-likeness (QED) is 0.481. The number of amides is 2. The molecule has 0 aliphatic carbocycles. The lowest BCUT2D eigenvalue weighted by Gasteiger charge is -2.32. The summed E-state index contributed by atoms with van der Waals surface area (Å²) in [5.41, 5.74) is 1.29. The summed E-state index contributed by atoms with van der Waals surface area (Å²) in [4.78, 5) is 27.7. The van der Waals surface area contributed by atoms with Crippen LogP contribution < -0.4 is 5.32 Å². The summed E-state index contributed by atoms with van der Waals surface area (Å²) in [7, 11) is 0. The molecule has 0 fully saturated rings. The van der Waals surface area contributed by atoms with Gasteiger partial charge in [-0.3, -0.25) is 9.59 Å². The smallest absolute Gasteiger partial charge is 0.243 e. The summed E-state index contributed by atoms with van der Waals surface area (Å²) in [5, 5.41) is 4.55. The molecule has 0 aliphatic rings. The van der Waals surface area contributed by atoms with Crippen LogP contribution in [0.25, 0.3) is 0 Å². The predicted molar refractivity (Wildman–Crippen MR) is 125 cm³/mol. The van der Waals surface area contributed by atoms with Crippen LogP contribution in [0.1, 0.15) is 38.3 Å². The monoisotopic (exact) mass is 488 g/mol. The molecular formula is C22H24Cl4N2O2. The predicted octanol–water partition coefficient (Wildman–Crippen LogP) is 6.17. The summed E-state index contributed by atoms with van der Waals surface area (Å²) >= 11 is 24.7. The maximum atomic E-state index is 13.3. The molecule has 2 aromatic carbocycles. The van der Waals surface area contributed by atoms with Gasteiger partial charge in [-0.2, -0.15) is 0 Å². The maximum Gasteiger partial charge on any atom is 0.243 e. The molecule has 2 aromatic rings. The van der Waals surface area contributed by atoms with Crippen molar-refractivity contribution in [3.8, 4) is 0 Å². The second-order valence-corrected chi connectivity index (χ2v) is 8.86. The summed E-state index contributed by atoms with van der Waals surface area (Å²) < 4.78 is 0. The molecule has 0 saturated carbocycles. The summed E-state index contributed by atoms with van der Waals surface area (Å²) in [6, 6.07) is 9.46. The van der Waals surface area contributed by atoms with E-state index in [9.17, 15) is 9.59 Å². The van der Waals surface area contributed by atoms with Gasteiger partial charge >= 0.3 is 0 Å². The van der Waals surface area contributed by atoms with Crippen LogP contribution in [-0.4, -0.2) is 28.8 Å². The molecule has 1 atom stereocenters. The topological polar surface area (TPSA) is 49.4 Å². The Labute approximate surface area is 197 Å². The van der Waals surface area contributed by atoms with Gasteiger partial charge in [-0.15, -0.1) is 0 Å². The fourth-order valence-electron chi connectivity index (χ4n) is 3.08. The van der Waals surface area contributed by atoms with Gasteiger partial charge < -0.3 is 10.2 Å². The third-order valence-corrected chi connectivity index (χ3v) is 5.99. The minimum absolute atomic E-state index is 0.0533. The molecule has 0 bridgehead atoms. The van der Waals surface area contributed by atoms with Gasteiger partial charge in [-0.25, -0.2) is 0 Å². The van der Waals surface area contributed by atoms with Crippen molar-refractivity contribution >= 4 is 58.2 Å². The standard InChI is InChI=1S/C22H24Cl4N2O2/c1-4-20(22(30)27-13(2)3)28(12-15-16(23)6-5-7-17(15)24)21(29)11-14-8-9-18(25)19(26)10-14/h5-10,13,20H,4,11-12H2,1-3H3,(H,27,30)/t20-/m0/s1. The highest BCUT2D eigenvalue weighted by molar-refractivity contribution is 6.42. The van der Waals surface area contributed by atoms with Crippen LogP contribution in [0.3, 0.4) is 0 Å². The number of hydrogen-bond donors (Lipinski definition) is 1. The number of benzene rings is 2. The number of carbonyl (C=O) groups excluding carboxylic acids is 2. The molecule has 4 nitrogen and oxygen atoms in total. The van der Waals surface area contributed by atoms with Gasteiger partial charge in [0, 0.05) is 28.2 Å². The largest absolute Gasteiger partial charge is 0.352 e. The second-order valence-electron chi connectivity index (χ2n) is 7.23. The number of hydrogen-bond acceptors (Lipinski definition) is 2. The van der Waals surface area contributed by atoms with E-state index in [0.717, 1.165) is 0 Å². The second kappa shape index (κ2) is 11.2. The highest BCUT2D eigenvalue weighted by atomic mass is 35.5. The van der Waals surface area contributed by atoms with Crippen LogP contribution in [-0.2, 0) is 22.6 Å². The van der Waals surface area contributed by atoms with E-state index < -0.39 is 6.04 Å². The normalized spacial score (nSPS) is 12.0. The van der Waals surface area contributed by atoms with E-state index in [0.29, 0.717) is 37.6 Å². The average molecular weight is 490 g/mol. The Bertz CT molecular complexity index is 898. The first kappa shape index (κ1) is 24.8. The average Bonchev–Trinajstić information content (AvgIpc) is 2.66. The van der Waals surface area contributed by atoms with Crippen LogP contribution in [0.4, 0.5) is 0 Å². The first-order valence-electron chi connectivity index (χ1n) is 9.60. The lowest BCUT2D eigenvalue weighted by Crippen LogP contribution is -2.50. The van der Waals surface area contributed by atoms with Crippen LogP contribution in [0.5, 0.6) is 0 Å². The Morgan fingerprint density at radius 1 is 0.967 bits per heavy atom. The van der Waals surface area contributed by atoms with Crippen LogP contribution in [0.2, 0.25) is 20.1 Å². The Hall–Kier alpha value is -1.46. The first-order valence-corrected chi connectivity index (χ1v) is 11.1. The Morgan fingerprint density at radius 2 is 1.60 bits per heavy atom. The van der Waals surface area contributed by atoms with E-state index in [-0.39, 0.29) is 30.8 Å². The molecule has 1 N–H and O–H groups in total. The number of halogens is 4. The first-order chi connectivity index (χ1) is 14.1. The maximum absolute atomic E-state index is 13.3. The molecule has 0 heterocycles. The van der Waals surface area contributed by atoms with E-state index in [4.69, 9.17) is 46.4 Å². The van der Waals surface area contributed by atoms with Gasteiger partial charge in [0.25, 0.3) is 0 Å². The van der Waals surface area contributed by atoms with E-state index in [2.05, 4.69) is 5.32 Å². The van der Waals surface area contributed by atoms with Crippen molar-refractivity contribution in [1.29, 1.82) is 0 Å². The van der Waals surface area contributed by atoms with Gasteiger partial charge in [-0.05, 0) is 50.1 Å². The van der Waals surface area contributed by atoms with Crippen molar-refractivity contribution in [3.63, 3.8) is 0 Å². The highest BCUT2D eigenvalue weighted by Crippen LogP contribution is 2.28. The molecule has 8 heteroatoms. The van der Waals surface area contributed by atoms with Crippen molar-refractivity contribution in [1.82, 2.24) is 10.2 Å². The third-order valence-electron chi connectivity index (χ3n) is 4.55. The molecule has 162 valence electrons.